The Hall–Kier alpha value is -1.22. The molecular weight excluding hydrogens is 252 g/mol. The van der Waals surface area contributed by atoms with Gasteiger partial charge in [-0.3, -0.25) is 0 Å². The first-order chi connectivity index (χ1) is 8.45. The highest BCUT2D eigenvalue weighted by atomic mass is 35.5. The molecule has 0 spiro atoms. The Labute approximate surface area is 113 Å². The molecule has 1 aromatic carbocycles. The van der Waals surface area contributed by atoms with E-state index >= 15 is 0 Å². The number of benzene rings is 1. The lowest BCUT2D eigenvalue weighted by molar-refractivity contribution is -0.145. The topological polar surface area (TPSA) is 46.5 Å². The standard InChI is InChI=1S/C14H19ClO3/c1-4-5-6-12(14(16)17)18-11-7-9(2)13(15)10(3)8-11/h7-8,12H,4-6H2,1-3H3,(H,16,17). The van der Waals surface area contributed by atoms with Crippen molar-refractivity contribution in [1.29, 1.82) is 0 Å². The zero-order valence-corrected chi connectivity index (χ0v) is 11.8. The van der Waals surface area contributed by atoms with Crippen LogP contribution in [0.4, 0.5) is 0 Å². The third-order valence-corrected chi connectivity index (χ3v) is 3.38. The molecule has 1 N–H and O–H groups in total. The van der Waals surface area contributed by atoms with Crippen LogP contribution < -0.4 is 4.74 Å². The van der Waals surface area contributed by atoms with Crippen LogP contribution >= 0.6 is 11.6 Å². The van der Waals surface area contributed by atoms with Crippen LogP contribution in [0.25, 0.3) is 0 Å². The van der Waals surface area contributed by atoms with Crippen molar-refractivity contribution in [2.75, 3.05) is 0 Å². The number of halogens is 1. The van der Waals surface area contributed by atoms with Gasteiger partial charge in [-0.15, -0.1) is 0 Å². The number of unbranched alkanes of at least 4 members (excludes halogenated alkanes) is 1. The van der Waals surface area contributed by atoms with Crippen LogP contribution in [0.15, 0.2) is 12.1 Å². The van der Waals surface area contributed by atoms with Crippen LogP contribution in [0.2, 0.25) is 5.02 Å². The predicted molar refractivity (Wildman–Crippen MR) is 72.5 cm³/mol. The Morgan fingerprint density at radius 1 is 1.39 bits per heavy atom. The van der Waals surface area contributed by atoms with Gasteiger partial charge in [-0.05, 0) is 49.9 Å². The summed E-state index contributed by atoms with van der Waals surface area (Å²) in [5, 5.41) is 9.80. The second-order valence-electron chi connectivity index (χ2n) is 4.46. The van der Waals surface area contributed by atoms with Gasteiger partial charge < -0.3 is 9.84 Å². The minimum Gasteiger partial charge on any atom is -0.479 e. The Morgan fingerprint density at radius 3 is 2.39 bits per heavy atom. The van der Waals surface area contributed by atoms with E-state index in [1.54, 1.807) is 12.1 Å². The van der Waals surface area contributed by atoms with Gasteiger partial charge in [0.2, 0.25) is 0 Å². The summed E-state index contributed by atoms with van der Waals surface area (Å²) < 4.78 is 5.54. The fraction of sp³-hybridized carbons (Fsp3) is 0.500. The van der Waals surface area contributed by atoms with Crippen LogP contribution in [0.5, 0.6) is 5.75 Å². The van der Waals surface area contributed by atoms with Crippen LogP contribution in [-0.4, -0.2) is 17.2 Å². The van der Waals surface area contributed by atoms with Crippen molar-refractivity contribution in [3.8, 4) is 5.75 Å². The van der Waals surface area contributed by atoms with Crippen molar-refractivity contribution in [2.24, 2.45) is 0 Å². The van der Waals surface area contributed by atoms with E-state index in [1.165, 1.54) is 0 Å². The van der Waals surface area contributed by atoms with Gasteiger partial charge in [0.25, 0.3) is 0 Å². The van der Waals surface area contributed by atoms with Gasteiger partial charge in [-0.1, -0.05) is 24.9 Å². The van der Waals surface area contributed by atoms with Crippen LogP contribution in [0.1, 0.15) is 37.3 Å². The second-order valence-corrected chi connectivity index (χ2v) is 4.84. The highest BCUT2D eigenvalue weighted by Gasteiger charge is 2.19. The Morgan fingerprint density at radius 2 is 1.94 bits per heavy atom. The molecule has 0 bridgehead atoms. The first-order valence-corrected chi connectivity index (χ1v) is 6.49. The lowest BCUT2D eigenvalue weighted by Gasteiger charge is -2.16. The number of carbonyl (C=O) groups is 1. The summed E-state index contributed by atoms with van der Waals surface area (Å²) in [5.41, 5.74) is 1.79. The summed E-state index contributed by atoms with van der Waals surface area (Å²) in [6.07, 6.45) is 1.52. The van der Waals surface area contributed by atoms with Crippen LogP contribution in [0, 0.1) is 13.8 Å². The molecule has 0 amide bonds. The first kappa shape index (κ1) is 14.8. The zero-order valence-electron chi connectivity index (χ0n) is 11.0. The molecule has 0 aliphatic rings. The van der Waals surface area contributed by atoms with Crippen LogP contribution in [0.3, 0.4) is 0 Å². The van der Waals surface area contributed by atoms with Crippen molar-refractivity contribution in [1.82, 2.24) is 0 Å². The molecule has 1 unspecified atom stereocenters. The van der Waals surface area contributed by atoms with E-state index in [0.717, 1.165) is 24.0 Å². The Bertz CT molecular complexity index is 406. The molecule has 0 heterocycles. The van der Waals surface area contributed by atoms with E-state index < -0.39 is 12.1 Å². The average molecular weight is 271 g/mol. The highest BCUT2D eigenvalue weighted by molar-refractivity contribution is 6.32. The molecule has 0 aliphatic carbocycles. The van der Waals surface area contributed by atoms with E-state index in [9.17, 15) is 4.79 Å². The molecule has 1 aromatic rings. The fourth-order valence-corrected chi connectivity index (χ4v) is 1.87. The number of ether oxygens (including phenoxy) is 1. The lowest BCUT2D eigenvalue weighted by Crippen LogP contribution is -2.26. The van der Waals surface area contributed by atoms with E-state index in [2.05, 4.69) is 0 Å². The summed E-state index contributed by atoms with van der Waals surface area (Å²) in [4.78, 5) is 11.1. The second kappa shape index (κ2) is 6.64. The monoisotopic (exact) mass is 270 g/mol. The molecule has 3 nitrogen and oxygen atoms in total. The van der Waals surface area contributed by atoms with Crippen molar-refractivity contribution < 1.29 is 14.6 Å². The number of carboxylic acid groups (broad SMARTS) is 1. The van der Waals surface area contributed by atoms with Gasteiger partial charge in [-0.2, -0.15) is 0 Å². The third-order valence-electron chi connectivity index (χ3n) is 2.78. The lowest BCUT2D eigenvalue weighted by atomic mass is 10.1. The molecule has 0 aromatic heterocycles. The predicted octanol–water partition coefficient (Wildman–Crippen LogP) is 3.98. The average Bonchev–Trinajstić information content (AvgIpc) is 2.30. The van der Waals surface area contributed by atoms with Gasteiger partial charge in [0.05, 0.1) is 0 Å². The smallest absolute Gasteiger partial charge is 0.344 e. The van der Waals surface area contributed by atoms with E-state index in [1.807, 2.05) is 20.8 Å². The first-order valence-electron chi connectivity index (χ1n) is 6.12. The number of aryl methyl sites for hydroxylation is 2. The van der Waals surface area contributed by atoms with Gasteiger partial charge in [0.1, 0.15) is 5.75 Å². The molecule has 18 heavy (non-hydrogen) atoms. The molecule has 4 heteroatoms. The Balaban J connectivity index is 2.84. The quantitative estimate of drug-likeness (QED) is 0.850. The summed E-state index contributed by atoms with van der Waals surface area (Å²) in [5.74, 6) is -0.355. The van der Waals surface area contributed by atoms with E-state index in [4.69, 9.17) is 21.4 Å². The molecular formula is C14H19ClO3. The number of carboxylic acids is 1. The van der Waals surface area contributed by atoms with Crippen molar-refractivity contribution in [3.63, 3.8) is 0 Å². The van der Waals surface area contributed by atoms with Gasteiger partial charge >= 0.3 is 5.97 Å². The molecule has 0 saturated carbocycles. The zero-order chi connectivity index (χ0) is 13.7. The normalized spacial score (nSPS) is 12.2. The fourth-order valence-electron chi connectivity index (χ4n) is 1.76. The molecule has 0 aliphatic heterocycles. The summed E-state index contributed by atoms with van der Waals surface area (Å²) in [6, 6.07) is 3.55. The highest BCUT2D eigenvalue weighted by Crippen LogP contribution is 2.27. The Kier molecular flexibility index (Phi) is 5.48. The van der Waals surface area contributed by atoms with Gasteiger partial charge in [-0.25, -0.2) is 4.79 Å². The largest absolute Gasteiger partial charge is 0.479 e. The van der Waals surface area contributed by atoms with Crippen LogP contribution in [-0.2, 0) is 4.79 Å². The van der Waals surface area contributed by atoms with Crippen molar-refractivity contribution in [2.45, 2.75) is 46.1 Å². The molecule has 0 fully saturated rings. The number of aliphatic carboxylic acids is 1. The molecule has 0 saturated heterocycles. The van der Waals surface area contributed by atoms with Crippen molar-refractivity contribution in [3.05, 3.63) is 28.3 Å². The summed E-state index contributed by atoms with van der Waals surface area (Å²) >= 11 is 6.06. The minimum absolute atomic E-state index is 0.520. The minimum atomic E-state index is -0.922. The van der Waals surface area contributed by atoms with E-state index in [-0.39, 0.29) is 0 Å². The molecule has 1 atom stereocenters. The molecule has 100 valence electrons. The number of hydrogen-bond acceptors (Lipinski definition) is 2. The number of hydrogen-bond donors (Lipinski definition) is 1. The molecule has 0 radical (unpaired) electrons. The van der Waals surface area contributed by atoms with Crippen molar-refractivity contribution >= 4 is 17.6 Å². The SMILES string of the molecule is CCCCC(Oc1cc(C)c(Cl)c(C)c1)C(=O)O. The third kappa shape index (κ3) is 3.91. The maximum Gasteiger partial charge on any atom is 0.344 e. The summed E-state index contributed by atoms with van der Waals surface area (Å²) in [7, 11) is 0. The summed E-state index contributed by atoms with van der Waals surface area (Å²) in [6.45, 7) is 5.78. The maximum absolute atomic E-state index is 11.1. The van der Waals surface area contributed by atoms with E-state index in [0.29, 0.717) is 17.2 Å². The van der Waals surface area contributed by atoms with Gasteiger partial charge in [0.15, 0.2) is 6.10 Å². The number of rotatable bonds is 6. The maximum atomic E-state index is 11.1. The molecule has 1 rings (SSSR count). The van der Waals surface area contributed by atoms with Gasteiger partial charge in [0, 0.05) is 5.02 Å².